The van der Waals surface area contributed by atoms with Crippen molar-refractivity contribution in [3.8, 4) is 0 Å². The number of halogens is 1. The summed E-state index contributed by atoms with van der Waals surface area (Å²) in [6.07, 6.45) is -0.320. The Morgan fingerprint density at radius 1 is 1.39 bits per heavy atom. The van der Waals surface area contributed by atoms with Crippen molar-refractivity contribution >= 4 is 23.4 Å². The molecule has 0 bridgehead atoms. The van der Waals surface area contributed by atoms with Crippen molar-refractivity contribution in [2.75, 3.05) is 32.6 Å². The number of methoxy groups -OCH3 is 1. The van der Waals surface area contributed by atoms with E-state index in [0.717, 1.165) is 23.1 Å². The zero-order valence-electron chi connectivity index (χ0n) is 10.6. The predicted molar refractivity (Wildman–Crippen MR) is 78.4 cm³/mol. The van der Waals surface area contributed by atoms with Gasteiger partial charge in [0.1, 0.15) is 0 Å². The first-order chi connectivity index (χ1) is 8.72. The van der Waals surface area contributed by atoms with Crippen LogP contribution in [0, 0.1) is 0 Å². The van der Waals surface area contributed by atoms with Gasteiger partial charge in [-0.1, -0.05) is 23.7 Å². The first-order valence-electron chi connectivity index (χ1n) is 5.92. The minimum Gasteiger partial charge on any atom is -0.391 e. The van der Waals surface area contributed by atoms with Crippen LogP contribution in [0.15, 0.2) is 24.3 Å². The molecule has 1 unspecified atom stereocenters. The van der Waals surface area contributed by atoms with Gasteiger partial charge in [-0.3, -0.25) is 0 Å². The third kappa shape index (κ3) is 7.24. The standard InChI is InChI=1S/C13H20ClNO2S/c1-17-7-6-15-8-13(16)10-18-9-11-2-4-12(14)5-3-11/h2-5,13,15-16H,6-10H2,1H3. The van der Waals surface area contributed by atoms with Crippen LogP contribution in [0.2, 0.25) is 5.02 Å². The molecule has 102 valence electrons. The van der Waals surface area contributed by atoms with Crippen LogP contribution in [-0.2, 0) is 10.5 Å². The second-order valence-corrected chi connectivity index (χ2v) is 5.46. The molecule has 0 aliphatic rings. The van der Waals surface area contributed by atoms with E-state index < -0.39 is 0 Å². The van der Waals surface area contributed by atoms with E-state index in [0.29, 0.717) is 13.2 Å². The fourth-order valence-corrected chi connectivity index (χ4v) is 2.46. The van der Waals surface area contributed by atoms with Gasteiger partial charge >= 0.3 is 0 Å². The van der Waals surface area contributed by atoms with Crippen molar-refractivity contribution in [1.29, 1.82) is 0 Å². The van der Waals surface area contributed by atoms with Crippen LogP contribution < -0.4 is 5.32 Å². The molecule has 1 atom stereocenters. The number of aliphatic hydroxyl groups excluding tert-OH is 1. The third-order valence-electron chi connectivity index (χ3n) is 2.36. The largest absolute Gasteiger partial charge is 0.391 e. The van der Waals surface area contributed by atoms with Crippen LogP contribution in [0.1, 0.15) is 5.56 Å². The minimum absolute atomic E-state index is 0.320. The Balaban J connectivity index is 2.07. The number of nitrogens with one attached hydrogen (secondary N) is 1. The Bertz CT molecular complexity index is 321. The maximum absolute atomic E-state index is 9.73. The number of hydrogen-bond acceptors (Lipinski definition) is 4. The maximum Gasteiger partial charge on any atom is 0.0754 e. The molecule has 5 heteroatoms. The zero-order valence-corrected chi connectivity index (χ0v) is 12.1. The molecular weight excluding hydrogens is 270 g/mol. The van der Waals surface area contributed by atoms with Crippen LogP contribution in [0.25, 0.3) is 0 Å². The van der Waals surface area contributed by atoms with E-state index in [1.54, 1.807) is 18.9 Å². The van der Waals surface area contributed by atoms with E-state index in [-0.39, 0.29) is 6.10 Å². The Labute approximate surface area is 118 Å². The third-order valence-corrected chi connectivity index (χ3v) is 3.77. The lowest BCUT2D eigenvalue weighted by Crippen LogP contribution is -2.30. The molecule has 18 heavy (non-hydrogen) atoms. The molecule has 0 saturated heterocycles. The molecule has 0 aliphatic heterocycles. The lowest BCUT2D eigenvalue weighted by molar-refractivity contribution is 0.175. The Morgan fingerprint density at radius 3 is 2.78 bits per heavy atom. The normalized spacial score (nSPS) is 12.6. The molecule has 1 aromatic carbocycles. The summed E-state index contributed by atoms with van der Waals surface area (Å²) >= 11 is 7.53. The summed E-state index contributed by atoms with van der Waals surface area (Å²) < 4.78 is 4.91. The van der Waals surface area contributed by atoms with E-state index in [1.807, 2.05) is 24.3 Å². The molecule has 3 nitrogen and oxygen atoms in total. The van der Waals surface area contributed by atoms with E-state index >= 15 is 0 Å². The number of benzene rings is 1. The number of aliphatic hydroxyl groups is 1. The molecule has 0 amide bonds. The van der Waals surface area contributed by atoms with Crippen LogP contribution in [0.4, 0.5) is 0 Å². The highest BCUT2D eigenvalue weighted by Gasteiger charge is 2.03. The number of hydrogen-bond donors (Lipinski definition) is 2. The highest BCUT2D eigenvalue weighted by molar-refractivity contribution is 7.98. The minimum atomic E-state index is -0.320. The first kappa shape index (κ1) is 15.8. The number of rotatable bonds is 9. The highest BCUT2D eigenvalue weighted by Crippen LogP contribution is 2.15. The van der Waals surface area contributed by atoms with Gasteiger partial charge < -0.3 is 15.2 Å². The second-order valence-electron chi connectivity index (χ2n) is 3.99. The average Bonchev–Trinajstić information content (AvgIpc) is 2.37. The second kappa shape index (κ2) is 9.64. The average molecular weight is 290 g/mol. The van der Waals surface area contributed by atoms with Crippen molar-refractivity contribution in [1.82, 2.24) is 5.32 Å². The van der Waals surface area contributed by atoms with Crippen molar-refractivity contribution in [2.24, 2.45) is 0 Å². The van der Waals surface area contributed by atoms with Crippen LogP contribution in [-0.4, -0.2) is 43.8 Å². The fourth-order valence-electron chi connectivity index (χ4n) is 1.40. The number of thioether (sulfide) groups is 1. The van der Waals surface area contributed by atoms with Crippen molar-refractivity contribution < 1.29 is 9.84 Å². The van der Waals surface area contributed by atoms with Crippen molar-refractivity contribution in [3.63, 3.8) is 0 Å². The van der Waals surface area contributed by atoms with E-state index in [4.69, 9.17) is 16.3 Å². The fraction of sp³-hybridized carbons (Fsp3) is 0.538. The van der Waals surface area contributed by atoms with Gasteiger partial charge in [0, 0.05) is 36.7 Å². The van der Waals surface area contributed by atoms with Crippen molar-refractivity contribution in [2.45, 2.75) is 11.9 Å². The van der Waals surface area contributed by atoms with E-state index in [9.17, 15) is 5.11 Å². The van der Waals surface area contributed by atoms with Gasteiger partial charge in [-0.25, -0.2) is 0 Å². The molecule has 0 aliphatic carbocycles. The lowest BCUT2D eigenvalue weighted by Gasteiger charge is -2.11. The molecule has 0 aromatic heterocycles. The van der Waals surface area contributed by atoms with Crippen LogP contribution in [0.3, 0.4) is 0 Å². The molecule has 1 rings (SSSR count). The smallest absolute Gasteiger partial charge is 0.0754 e. The SMILES string of the molecule is COCCNCC(O)CSCc1ccc(Cl)cc1. The maximum atomic E-state index is 9.73. The van der Waals surface area contributed by atoms with Crippen LogP contribution in [0.5, 0.6) is 0 Å². The van der Waals surface area contributed by atoms with Crippen molar-refractivity contribution in [3.05, 3.63) is 34.9 Å². The molecule has 0 fully saturated rings. The van der Waals surface area contributed by atoms with Gasteiger partial charge in [-0.2, -0.15) is 11.8 Å². The monoisotopic (exact) mass is 289 g/mol. The topological polar surface area (TPSA) is 41.5 Å². The number of ether oxygens (including phenoxy) is 1. The molecule has 1 aromatic rings. The molecular formula is C13H20ClNO2S. The lowest BCUT2D eigenvalue weighted by atomic mass is 10.2. The summed E-state index contributed by atoms with van der Waals surface area (Å²) in [5.74, 6) is 1.62. The van der Waals surface area contributed by atoms with E-state index in [1.165, 1.54) is 5.56 Å². The van der Waals surface area contributed by atoms with Gasteiger partial charge in [0.25, 0.3) is 0 Å². The van der Waals surface area contributed by atoms with Gasteiger partial charge in [0.15, 0.2) is 0 Å². The Morgan fingerprint density at radius 2 is 2.11 bits per heavy atom. The predicted octanol–water partition coefficient (Wildman–Crippen LogP) is 2.17. The Hall–Kier alpha value is -0.260. The van der Waals surface area contributed by atoms with Gasteiger partial charge in [0.2, 0.25) is 0 Å². The summed E-state index contributed by atoms with van der Waals surface area (Å²) in [5, 5.41) is 13.6. The molecule has 0 radical (unpaired) electrons. The molecule has 0 spiro atoms. The Kier molecular flexibility index (Phi) is 8.46. The quantitative estimate of drug-likeness (QED) is 0.684. The zero-order chi connectivity index (χ0) is 13.2. The highest BCUT2D eigenvalue weighted by atomic mass is 35.5. The van der Waals surface area contributed by atoms with Gasteiger partial charge in [-0.05, 0) is 17.7 Å². The summed E-state index contributed by atoms with van der Waals surface area (Å²) in [5.41, 5.74) is 1.23. The van der Waals surface area contributed by atoms with Gasteiger partial charge in [0.05, 0.1) is 12.7 Å². The van der Waals surface area contributed by atoms with Gasteiger partial charge in [-0.15, -0.1) is 0 Å². The first-order valence-corrected chi connectivity index (χ1v) is 7.45. The molecule has 2 N–H and O–H groups in total. The molecule has 0 saturated carbocycles. The summed E-state index contributed by atoms with van der Waals surface area (Å²) in [4.78, 5) is 0. The molecule has 0 heterocycles. The summed E-state index contributed by atoms with van der Waals surface area (Å²) in [7, 11) is 1.67. The van der Waals surface area contributed by atoms with E-state index in [2.05, 4.69) is 5.32 Å². The summed E-state index contributed by atoms with van der Waals surface area (Å²) in [6.45, 7) is 2.05. The summed E-state index contributed by atoms with van der Waals surface area (Å²) in [6, 6.07) is 7.80. The van der Waals surface area contributed by atoms with Crippen LogP contribution >= 0.6 is 23.4 Å².